The fourth-order valence-electron chi connectivity index (χ4n) is 1.71. The van der Waals surface area contributed by atoms with E-state index in [1.54, 1.807) is 37.5 Å². The Hall–Kier alpha value is -2.63. The van der Waals surface area contributed by atoms with E-state index in [4.69, 9.17) is 4.74 Å². The summed E-state index contributed by atoms with van der Waals surface area (Å²) in [6, 6.07) is 8.52. The van der Waals surface area contributed by atoms with Gasteiger partial charge in [0.15, 0.2) is 6.61 Å². The number of carbonyl (C=O) groups excluding carboxylic acids is 2. The second kappa shape index (κ2) is 6.69. The summed E-state index contributed by atoms with van der Waals surface area (Å²) in [4.78, 5) is 23.5. The van der Waals surface area contributed by atoms with Crippen LogP contribution >= 0.6 is 0 Å². The lowest BCUT2D eigenvalue weighted by atomic mass is 10.2. The topological polar surface area (TPSA) is 73.2 Å². The van der Waals surface area contributed by atoms with Gasteiger partial charge in [0.05, 0.1) is 0 Å². The summed E-state index contributed by atoms with van der Waals surface area (Å²) < 4.78 is 6.45. The molecular weight excluding hydrogens is 270 g/mol. The van der Waals surface area contributed by atoms with Gasteiger partial charge < -0.3 is 10.1 Å². The van der Waals surface area contributed by atoms with Crippen molar-refractivity contribution < 1.29 is 14.3 Å². The fraction of sp³-hybridized carbons (Fsp3) is 0.267. The molecule has 2 rings (SSSR count). The number of esters is 1. The molecule has 0 radical (unpaired) electrons. The summed E-state index contributed by atoms with van der Waals surface area (Å²) in [7, 11) is 0. The third-order valence-corrected chi connectivity index (χ3v) is 2.94. The molecule has 0 saturated carbocycles. The molecule has 0 aliphatic heterocycles. The highest BCUT2D eigenvalue weighted by atomic mass is 16.5. The summed E-state index contributed by atoms with van der Waals surface area (Å²) in [6.07, 6.45) is 3.24. The van der Waals surface area contributed by atoms with E-state index in [1.165, 1.54) is 4.68 Å². The average molecular weight is 287 g/mol. The van der Waals surface area contributed by atoms with Crippen molar-refractivity contribution in [1.82, 2.24) is 9.78 Å². The smallest absolute Gasteiger partial charge is 0.331 e. The van der Waals surface area contributed by atoms with E-state index in [-0.39, 0.29) is 12.5 Å². The van der Waals surface area contributed by atoms with Crippen LogP contribution in [0, 0.1) is 6.92 Å². The number of amides is 1. The Balaban J connectivity index is 1.81. The standard InChI is InChI=1S/C15H17N3O3/c1-11-4-6-13(7-5-11)17-14(19)10-21-15(20)12(2)18-9-3-8-16-18/h3-9,12H,10H2,1-2H3,(H,17,19). The van der Waals surface area contributed by atoms with E-state index >= 15 is 0 Å². The molecule has 0 saturated heterocycles. The average Bonchev–Trinajstić information content (AvgIpc) is 3.00. The predicted octanol–water partition coefficient (Wildman–Crippen LogP) is 1.93. The Labute approximate surface area is 122 Å². The second-order valence-electron chi connectivity index (χ2n) is 4.68. The second-order valence-corrected chi connectivity index (χ2v) is 4.68. The number of aryl methyl sites for hydroxylation is 1. The van der Waals surface area contributed by atoms with Crippen molar-refractivity contribution in [2.45, 2.75) is 19.9 Å². The molecule has 1 amide bonds. The third-order valence-electron chi connectivity index (χ3n) is 2.94. The van der Waals surface area contributed by atoms with Gasteiger partial charge in [-0.2, -0.15) is 5.10 Å². The first-order valence-electron chi connectivity index (χ1n) is 6.58. The van der Waals surface area contributed by atoms with Crippen LogP contribution in [0.4, 0.5) is 5.69 Å². The quantitative estimate of drug-likeness (QED) is 0.853. The number of nitrogens with zero attached hydrogens (tertiary/aromatic N) is 2. The number of hydrogen-bond donors (Lipinski definition) is 1. The molecule has 0 spiro atoms. The van der Waals surface area contributed by atoms with E-state index in [1.807, 2.05) is 19.1 Å². The molecule has 6 heteroatoms. The molecule has 6 nitrogen and oxygen atoms in total. The highest BCUT2D eigenvalue weighted by Gasteiger charge is 2.17. The molecule has 21 heavy (non-hydrogen) atoms. The van der Waals surface area contributed by atoms with Gasteiger partial charge in [-0.25, -0.2) is 4.79 Å². The Morgan fingerprint density at radius 3 is 2.67 bits per heavy atom. The lowest BCUT2D eigenvalue weighted by Crippen LogP contribution is -2.25. The van der Waals surface area contributed by atoms with Crippen LogP contribution in [-0.2, 0) is 14.3 Å². The van der Waals surface area contributed by atoms with Gasteiger partial charge in [-0.3, -0.25) is 9.48 Å². The number of hydrogen-bond acceptors (Lipinski definition) is 4. The highest BCUT2D eigenvalue weighted by Crippen LogP contribution is 2.09. The summed E-state index contributed by atoms with van der Waals surface area (Å²) >= 11 is 0. The van der Waals surface area contributed by atoms with Crippen molar-refractivity contribution in [2.75, 3.05) is 11.9 Å². The van der Waals surface area contributed by atoms with Gasteiger partial charge in [-0.05, 0) is 32.0 Å². The molecule has 2 aromatic rings. The third kappa shape index (κ3) is 4.17. The normalized spacial score (nSPS) is 11.7. The van der Waals surface area contributed by atoms with Crippen molar-refractivity contribution in [3.63, 3.8) is 0 Å². The maximum atomic E-state index is 11.8. The van der Waals surface area contributed by atoms with Crippen LogP contribution in [0.1, 0.15) is 18.5 Å². The first-order valence-corrected chi connectivity index (χ1v) is 6.58. The van der Waals surface area contributed by atoms with Crippen molar-refractivity contribution in [3.05, 3.63) is 48.3 Å². The van der Waals surface area contributed by atoms with E-state index in [9.17, 15) is 9.59 Å². The zero-order valence-electron chi connectivity index (χ0n) is 11.9. The van der Waals surface area contributed by atoms with Gasteiger partial charge in [0.1, 0.15) is 6.04 Å². The monoisotopic (exact) mass is 287 g/mol. The lowest BCUT2D eigenvalue weighted by Gasteiger charge is -2.12. The molecule has 1 atom stereocenters. The maximum absolute atomic E-state index is 11.8. The van der Waals surface area contributed by atoms with Gasteiger partial charge in [0.25, 0.3) is 5.91 Å². The minimum atomic E-state index is -0.563. The Bertz CT molecular complexity index is 606. The van der Waals surface area contributed by atoms with Gasteiger partial charge in [0.2, 0.25) is 0 Å². The van der Waals surface area contributed by atoms with Crippen LogP contribution in [0.25, 0.3) is 0 Å². The highest BCUT2D eigenvalue weighted by molar-refractivity contribution is 5.92. The van der Waals surface area contributed by atoms with Crippen LogP contribution in [-0.4, -0.2) is 28.3 Å². The first kappa shape index (κ1) is 14.8. The Morgan fingerprint density at radius 2 is 2.05 bits per heavy atom. The molecule has 1 aromatic heterocycles. The number of ether oxygens (including phenoxy) is 1. The summed E-state index contributed by atoms with van der Waals surface area (Å²) in [5, 5.41) is 6.62. The van der Waals surface area contributed by atoms with Gasteiger partial charge >= 0.3 is 5.97 Å². The Kier molecular flexibility index (Phi) is 4.71. The van der Waals surface area contributed by atoms with E-state index in [0.29, 0.717) is 5.69 Å². The SMILES string of the molecule is Cc1ccc(NC(=O)COC(=O)C(C)n2cccn2)cc1. The van der Waals surface area contributed by atoms with E-state index in [0.717, 1.165) is 5.56 Å². The number of nitrogens with one attached hydrogen (secondary N) is 1. The summed E-state index contributed by atoms with van der Waals surface area (Å²) in [6.45, 7) is 3.30. The number of rotatable bonds is 5. The number of benzene rings is 1. The van der Waals surface area contributed by atoms with E-state index in [2.05, 4.69) is 10.4 Å². The number of aromatic nitrogens is 2. The number of anilines is 1. The summed E-state index contributed by atoms with van der Waals surface area (Å²) in [5.41, 5.74) is 1.77. The van der Waals surface area contributed by atoms with Gasteiger partial charge in [-0.15, -0.1) is 0 Å². The maximum Gasteiger partial charge on any atom is 0.331 e. The van der Waals surface area contributed by atoms with Gasteiger partial charge in [0, 0.05) is 18.1 Å². The molecule has 1 unspecified atom stereocenters. The minimum absolute atomic E-state index is 0.321. The Morgan fingerprint density at radius 1 is 1.33 bits per heavy atom. The van der Waals surface area contributed by atoms with Crippen molar-refractivity contribution >= 4 is 17.6 Å². The van der Waals surface area contributed by atoms with Crippen molar-refractivity contribution in [2.24, 2.45) is 0 Å². The van der Waals surface area contributed by atoms with Gasteiger partial charge in [-0.1, -0.05) is 17.7 Å². The zero-order chi connectivity index (χ0) is 15.2. The molecular formula is C15H17N3O3. The molecule has 1 N–H and O–H groups in total. The minimum Gasteiger partial charge on any atom is -0.454 e. The molecule has 0 aliphatic rings. The molecule has 110 valence electrons. The largest absolute Gasteiger partial charge is 0.454 e. The molecule has 0 bridgehead atoms. The number of carbonyl (C=O) groups is 2. The summed E-state index contributed by atoms with van der Waals surface area (Å²) in [5.74, 6) is -0.877. The van der Waals surface area contributed by atoms with Crippen molar-refractivity contribution in [3.8, 4) is 0 Å². The van der Waals surface area contributed by atoms with Crippen LogP contribution in [0.2, 0.25) is 0 Å². The van der Waals surface area contributed by atoms with Crippen LogP contribution in [0.15, 0.2) is 42.7 Å². The molecule has 1 heterocycles. The van der Waals surface area contributed by atoms with E-state index < -0.39 is 12.0 Å². The van der Waals surface area contributed by atoms with Crippen LogP contribution in [0.5, 0.6) is 0 Å². The van der Waals surface area contributed by atoms with Crippen LogP contribution < -0.4 is 5.32 Å². The lowest BCUT2D eigenvalue weighted by molar-refractivity contribution is -0.150. The molecule has 0 fully saturated rings. The van der Waals surface area contributed by atoms with Crippen molar-refractivity contribution in [1.29, 1.82) is 0 Å². The molecule has 0 aliphatic carbocycles. The first-order chi connectivity index (χ1) is 10.1. The fourth-order valence-corrected chi connectivity index (χ4v) is 1.71. The van der Waals surface area contributed by atoms with Crippen LogP contribution in [0.3, 0.4) is 0 Å². The zero-order valence-corrected chi connectivity index (χ0v) is 11.9. The molecule has 1 aromatic carbocycles. The predicted molar refractivity (Wildman–Crippen MR) is 77.7 cm³/mol.